The van der Waals surface area contributed by atoms with Gasteiger partial charge in [0.05, 0.1) is 0 Å². The van der Waals surface area contributed by atoms with Gasteiger partial charge in [0.2, 0.25) is 0 Å². The third-order valence-electron chi connectivity index (χ3n) is 1.41. The minimum absolute atomic E-state index is 0.746. The number of carboxylic acids is 1. The minimum atomic E-state index is -4.70. The third-order valence-corrected chi connectivity index (χ3v) is 2.25. The zero-order chi connectivity index (χ0) is 10.9. The van der Waals surface area contributed by atoms with E-state index in [1.54, 1.807) is 0 Å². The number of aromatic carboxylic acids is 1. The predicted molar refractivity (Wildman–Crippen MR) is 43.7 cm³/mol. The van der Waals surface area contributed by atoms with Crippen LogP contribution in [0.3, 0.4) is 0 Å². The van der Waals surface area contributed by atoms with Gasteiger partial charge in [-0.05, 0) is 12.1 Å². The van der Waals surface area contributed by atoms with Gasteiger partial charge in [0, 0.05) is 6.07 Å². The Morgan fingerprint density at radius 1 is 1.43 bits per heavy atom. The van der Waals surface area contributed by atoms with Gasteiger partial charge in [-0.2, -0.15) is 8.42 Å². The van der Waals surface area contributed by atoms with Crippen LogP contribution in [0.4, 0.5) is 0 Å². The highest BCUT2D eigenvalue weighted by Gasteiger charge is 2.23. The Morgan fingerprint density at radius 2 is 2.00 bits per heavy atom. The lowest BCUT2D eigenvalue weighted by Crippen LogP contribution is -2.08. The monoisotopic (exact) mass is 217 g/mol. The number of hydrogen-bond donors (Lipinski definition) is 3. The van der Waals surface area contributed by atoms with Gasteiger partial charge < -0.3 is 10.2 Å². The number of carboxylic acid groups (broad SMARTS) is 1. The maximum atomic E-state index is 10.7. The van der Waals surface area contributed by atoms with Crippen molar-refractivity contribution in [3.63, 3.8) is 0 Å². The van der Waals surface area contributed by atoms with E-state index in [2.05, 4.69) is 0 Å². The molecule has 1 aromatic carbocycles. The molecular weight excluding hydrogens is 212 g/mol. The molecule has 3 N–H and O–H groups in total. The van der Waals surface area contributed by atoms with E-state index < -0.39 is 32.3 Å². The van der Waals surface area contributed by atoms with E-state index in [0.717, 1.165) is 12.1 Å². The van der Waals surface area contributed by atoms with Crippen LogP contribution in [-0.2, 0) is 10.1 Å². The molecule has 0 aromatic heterocycles. The summed E-state index contributed by atoms with van der Waals surface area (Å²) in [6.45, 7) is 0. The number of hydrogen-bond acceptors (Lipinski definition) is 4. The van der Waals surface area contributed by atoms with Crippen LogP contribution in [0, 0.1) is 6.07 Å². The summed E-state index contributed by atoms with van der Waals surface area (Å²) < 4.78 is 29.9. The van der Waals surface area contributed by atoms with Gasteiger partial charge in [0.25, 0.3) is 10.1 Å². The van der Waals surface area contributed by atoms with Gasteiger partial charge in [0.15, 0.2) is 0 Å². The maximum absolute atomic E-state index is 10.7. The molecule has 0 aliphatic heterocycles. The number of benzene rings is 1. The summed E-state index contributed by atoms with van der Waals surface area (Å²) in [4.78, 5) is 9.58. The summed E-state index contributed by atoms with van der Waals surface area (Å²) in [6.07, 6.45) is 0. The fourth-order valence-corrected chi connectivity index (χ4v) is 1.55. The van der Waals surface area contributed by atoms with E-state index in [1.165, 1.54) is 0 Å². The van der Waals surface area contributed by atoms with Crippen molar-refractivity contribution in [1.82, 2.24) is 0 Å². The molecule has 75 valence electrons. The Bertz CT molecular complexity index is 475. The van der Waals surface area contributed by atoms with E-state index in [-0.39, 0.29) is 0 Å². The van der Waals surface area contributed by atoms with E-state index in [1.807, 2.05) is 6.07 Å². The van der Waals surface area contributed by atoms with Crippen molar-refractivity contribution in [2.24, 2.45) is 0 Å². The van der Waals surface area contributed by atoms with Crippen molar-refractivity contribution >= 4 is 16.1 Å². The van der Waals surface area contributed by atoms with Crippen molar-refractivity contribution in [1.29, 1.82) is 0 Å². The van der Waals surface area contributed by atoms with Crippen LogP contribution < -0.4 is 0 Å². The third kappa shape index (κ3) is 1.83. The Hall–Kier alpha value is -1.60. The molecule has 0 aliphatic carbocycles. The van der Waals surface area contributed by atoms with Gasteiger partial charge in [-0.3, -0.25) is 4.55 Å². The molecule has 1 radical (unpaired) electrons. The molecule has 6 nitrogen and oxygen atoms in total. The molecule has 0 amide bonds. The van der Waals surface area contributed by atoms with Crippen LogP contribution in [-0.4, -0.2) is 29.2 Å². The van der Waals surface area contributed by atoms with Crippen molar-refractivity contribution in [3.8, 4) is 5.75 Å². The van der Waals surface area contributed by atoms with E-state index >= 15 is 0 Å². The van der Waals surface area contributed by atoms with Gasteiger partial charge >= 0.3 is 5.97 Å². The van der Waals surface area contributed by atoms with Crippen LogP contribution in [0.5, 0.6) is 5.75 Å². The number of carbonyl (C=O) groups is 1. The standard InChI is InChI=1S/C7H5O6S/c8-4-2-1-3-5(14(11,12)13)6(4)7(9)10/h1-2,8H,(H,9,10)(H,11,12,13). The molecule has 0 aliphatic rings. The second-order valence-corrected chi connectivity index (χ2v) is 3.71. The summed E-state index contributed by atoms with van der Waals surface area (Å²) in [6, 6.07) is 3.97. The van der Waals surface area contributed by atoms with Crippen LogP contribution in [0.1, 0.15) is 10.4 Å². The van der Waals surface area contributed by atoms with Crippen molar-refractivity contribution in [3.05, 3.63) is 23.8 Å². The molecule has 1 aromatic rings. The van der Waals surface area contributed by atoms with E-state index in [0.29, 0.717) is 0 Å². The molecular formula is C7H5O6S. The second-order valence-electron chi connectivity index (χ2n) is 2.35. The van der Waals surface area contributed by atoms with Crippen molar-refractivity contribution in [2.75, 3.05) is 0 Å². The Labute approximate surface area is 79.2 Å². The van der Waals surface area contributed by atoms with Crippen LogP contribution in [0.2, 0.25) is 0 Å². The van der Waals surface area contributed by atoms with Crippen LogP contribution in [0.25, 0.3) is 0 Å². The average Bonchev–Trinajstić information content (AvgIpc) is 2.01. The molecule has 0 fully saturated rings. The molecule has 0 unspecified atom stereocenters. The minimum Gasteiger partial charge on any atom is -0.507 e. The fourth-order valence-electron chi connectivity index (χ4n) is 0.878. The highest BCUT2D eigenvalue weighted by atomic mass is 32.2. The summed E-state index contributed by atoms with van der Waals surface area (Å²) >= 11 is 0. The van der Waals surface area contributed by atoms with Crippen molar-refractivity contribution < 1.29 is 28.0 Å². The summed E-state index contributed by atoms with van der Waals surface area (Å²) in [5, 5.41) is 17.6. The zero-order valence-corrected chi connectivity index (χ0v) is 7.45. The fraction of sp³-hybridized carbons (Fsp3) is 0. The first-order valence-corrected chi connectivity index (χ1v) is 4.72. The van der Waals surface area contributed by atoms with Crippen molar-refractivity contribution in [2.45, 2.75) is 4.90 Å². The smallest absolute Gasteiger partial charge is 0.340 e. The lowest BCUT2D eigenvalue weighted by atomic mass is 10.2. The SMILES string of the molecule is O=C(O)c1c(S(=O)(=O)O)[c]ccc1O. The molecule has 1 rings (SSSR count). The molecule has 0 heterocycles. The van der Waals surface area contributed by atoms with Gasteiger partial charge in [-0.25, -0.2) is 4.79 Å². The van der Waals surface area contributed by atoms with Crippen LogP contribution in [0.15, 0.2) is 17.0 Å². The first kappa shape index (κ1) is 10.5. The number of aromatic hydroxyl groups is 1. The topological polar surface area (TPSA) is 112 Å². The Morgan fingerprint density at radius 3 is 2.36 bits per heavy atom. The molecule has 14 heavy (non-hydrogen) atoms. The largest absolute Gasteiger partial charge is 0.507 e. The summed E-state index contributed by atoms with van der Waals surface area (Å²) in [5.74, 6) is -2.41. The number of rotatable bonds is 2. The zero-order valence-electron chi connectivity index (χ0n) is 6.63. The summed E-state index contributed by atoms with van der Waals surface area (Å²) in [5.41, 5.74) is -0.894. The molecule has 0 saturated carbocycles. The molecule has 0 spiro atoms. The molecule has 0 saturated heterocycles. The Balaban J connectivity index is 3.61. The van der Waals surface area contributed by atoms with Gasteiger partial charge in [-0.15, -0.1) is 0 Å². The van der Waals surface area contributed by atoms with Gasteiger partial charge in [-0.1, -0.05) is 0 Å². The number of phenols is 1. The lowest BCUT2D eigenvalue weighted by Gasteiger charge is -2.03. The van der Waals surface area contributed by atoms with E-state index in [4.69, 9.17) is 14.8 Å². The summed E-state index contributed by atoms with van der Waals surface area (Å²) in [7, 11) is -4.70. The molecule has 0 bridgehead atoms. The first-order chi connectivity index (χ1) is 6.34. The highest BCUT2D eigenvalue weighted by Crippen LogP contribution is 2.23. The first-order valence-electron chi connectivity index (χ1n) is 3.28. The maximum Gasteiger partial charge on any atom is 0.340 e. The Kier molecular flexibility index (Phi) is 2.45. The lowest BCUT2D eigenvalue weighted by molar-refractivity contribution is 0.0689. The average molecular weight is 217 g/mol. The quantitative estimate of drug-likeness (QED) is 0.607. The second kappa shape index (κ2) is 3.28. The molecule has 0 atom stereocenters. The predicted octanol–water partition coefficient (Wildman–Crippen LogP) is 0.137. The molecule has 7 heteroatoms. The van der Waals surface area contributed by atoms with E-state index in [9.17, 15) is 13.2 Å². The normalized spacial score (nSPS) is 11.2. The van der Waals surface area contributed by atoms with Crippen LogP contribution >= 0.6 is 0 Å². The highest BCUT2D eigenvalue weighted by molar-refractivity contribution is 7.86. The van der Waals surface area contributed by atoms with Gasteiger partial charge in [0.1, 0.15) is 16.2 Å².